The average molecular weight is 362 g/mol. The molecule has 1 N–H and O–H groups in total. The van der Waals surface area contributed by atoms with Gasteiger partial charge in [0.1, 0.15) is 12.1 Å². The summed E-state index contributed by atoms with van der Waals surface area (Å²) in [6.07, 6.45) is 5.60. The van der Waals surface area contributed by atoms with Crippen LogP contribution in [-0.2, 0) is 16.1 Å². The Morgan fingerprint density at radius 3 is 2.36 bits per heavy atom. The van der Waals surface area contributed by atoms with Crippen molar-refractivity contribution in [2.75, 3.05) is 19.6 Å². The van der Waals surface area contributed by atoms with Crippen LogP contribution in [0.5, 0.6) is 0 Å². The molecule has 3 fully saturated rings. The molecule has 2 amide bonds. The number of carbonyl (C=O) groups excluding carboxylic acids is 2. The van der Waals surface area contributed by atoms with Gasteiger partial charge in [-0.15, -0.1) is 0 Å². The second-order valence-corrected chi connectivity index (χ2v) is 7.90. The number of hydrogen-bond acceptors (Lipinski definition) is 3. The molecule has 0 bridgehead atoms. The summed E-state index contributed by atoms with van der Waals surface area (Å²) in [5, 5.41) is 3.88. The van der Waals surface area contributed by atoms with Crippen molar-refractivity contribution < 1.29 is 9.59 Å². The van der Waals surface area contributed by atoms with Crippen molar-refractivity contribution in [1.29, 1.82) is 0 Å². The number of nitrogens with zero attached hydrogens (tertiary/aromatic N) is 2. The van der Waals surface area contributed by atoms with Crippen molar-refractivity contribution in [3.05, 3.63) is 34.9 Å². The zero-order valence-corrected chi connectivity index (χ0v) is 15.1. The van der Waals surface area contributed by atoms with Gasteiger partial charge in [0.15, 0.2) is 0 Å². The van der Waals surface area contributed by atoms with Gasteiger partial charge in [-0.2, -0.15) is 0 Å². The molecule has 1 aliphatic carbocycles. The molecule has 4 rings (SSSR count). The molecule has 25 heavy (non-hydrogen) atoms. The van der Waals surface area contributed by atoms with Gasteiger partial charge in [-0.3, -0.25) is 9.59 Å². The standard InChI is InChI=1S/C19H24ClN3O2/c20-15-8-6-14(7-9-15)10-23-17(24)11-22(16-4-2-1-3-5-16)18(25)19(23)12-21-13-19/h6-9,16,21H,1-5,10-13H2. The summed E-state index contributed by atoms with van der Waals surface area (Å²) in [5.74, 6) is 0.188. The first-order valence-corrected chi connectivity index (χ1v) is 9.55. The second-order valence-electron chi connectivity index (χ2n) is 7.47. The molecule has 0 unspecified atom stereocenters. The van der Waals surface area contributed by atoms with Crippen LogP contribution in [0.1, 0.15) is 37.7 Å². The first kappa shape index (κ1) is 16.9. The van der Waals surface area contributed by atoms with Gasteiger partial charge < -0.3 is 15.1 Å². The summed E-state index contributed by atoms with van der Waals surface area (Å²) >= 11 is 5.95. The number of halogens is 1. The van der Waals surface area contributed by atoms with Gasteiger partial charge in [-0.25, -0.2) is 0 Å². The van der Waals surface area contributed by atoms with Crippen molar-refractivity contribution in [3.8, 4) is 0 Å². The lowest BCUT2D eigenvalue weighted by atomic mass is 9.83. The summed E-state index contributed by atoms with van der Waals surface area (Å²) in [6, 6.07) is 7.74. The van der Waals surface area contributed by atoms with E-state index in [9.17, 15) is 9.59 Å². The van der Waals surface area contributed by atoms with Gasteiger partial charge in [-0.1, -0.05) is 43.0 Å². The van der Waals surface area contributed by atoms with Crippen molar-refractivity contribution in [3.63, 3.8) is 0 Å². The molecule has 2 aliphatic heterocycles. The number of carbonyl (C=O) groups is 2. The monoisotopic (exact) mass is 361 g/mol. The summed E-state index contributed by atoms with van der Waals surface area (Å²) < 4.78 is 0. The Morgan fingerprint density at radius 2 is 1.76 bits per heavy atom. The maximum atomic E-state index is 13.3. The van der Waals surface area contributed by atoms with Crippen molar-refractivity contribution in [2.45, 2.75) is 50.2 Å². The molecule has 1 aromatic rings. The molecular weight excluding hydrogens is 338 g/mol. The van der Waals surface area contributed by atoms with Crippen LogP contribution in [0.3, 0.4) is 0 Å². The van der Waals surface area contributed by atoms with Crippen LogP contribution in [0.15, 0.2) is 24.3 Å². The van der Waals surface area contributed by atoms with Gasteiger partial charge in [-0.05, 0) is 30.5 Å². The summed E-state index contributed by atoms with van der Waals surface area (Å²) in [4.78, 5) is 29.9. The number of piperazine rings is 1. The lowest BCUT2D eigenvalue weighted by Gasteiger charge is -2.55. The topological polar surface area (TPSA) is 52.7 Å². The van der Waals surface area contributed by atoms with E-state index in [1.54, 1.807) is 4.90 Å². The molecule has 6 heteroatoms. The Balaban J connectivity index is 1.57. The zero-order chi connectivity index (χ0) is 17.4. The van der Waals surface area contributed by atoms with E-state index in [-0.39, 0.29) is 24.4 Å². The summed E-state index contributed by atoms with van der Waals surface area (Å²) in [7, 11) is 0. The van der Waals surface area contributed by atoms with E-state index in [0.29, 0.717) is 24.7 Å². The minimum atomic E-state index is -0.702. The number of benzene rings is 1. The third kappa shape index (κ3) is 2.93. The van der Waals surface area contributed by atoms with E-state index >= 15 is 0 Å². The van der Waals surface area contributed by atoms with Gasteiger partial charge in [0.2, 0.25) is 5.91 Å². The van der Waals surface area contributed by atoms with E-state index < -0.39 is 5.54 Å². The van der Waals surface area contributed by atoms with Crippen molar-refractivity contribution in [2.24, 2.45) is 0 Å². The van der Waals surface area contributed by atoms with E-state index in [2.05, 4.69) is 5.32 Å². The molecule has 1 spiro atoms. The predicted octanol–water partition coefficient (Wildman–Crippen LogP) is 2.19. The molecule has 2 saturated heterocycles. The van der Waals surface area contributed by atoms with Gasteiger partial charge in [0, 0.05) is 30.7 Å². The number of hydrogen-bond donors (Lipinski definition) is 1. The molecule has 5 nitrogen and oxygen atoms in total. The highest BCUT2D eigenvalue weighted by molar-refractivity contribution is 6.30. The van der Waals surface area contributed by atoms with Crippen LogP contribution in [-0.4, -0.2) is 52.8 Å². The summed E-state index contributed by atoms with van der Waals surface area (Å²) in [5.41, 5.74) is 0.301. The van der Waals surface area contributed by atoms with Gasteiger partial charge in [0.05, 0.1) is 0 Å². The molecule has 1 aromatic carbocycles. The highest BCUT2D eigenvalue weighted by Crippen LogP contribution is 2.34. The minimum absolute atomic E-state index is 0.0571. The first-order chi connectivity index (χ1) is 12.1. The molecule has 0 aromatic heterocycles. The smallest absolute Gasteiger partial charge is 0.251 e. The Kier molecular flexibility index (Phi) is 4.46. The molecule has 1 saturated carbocycles. The van der Waals surface area contributed by atoms with E-state index in [0.717, 1.165) is 31.2 Å². The van der Waals surface area contributed by atoms with Crippen LogP contribution >= 0.6 is 11.6 Å². The Labute approximate surface area is 153 Å². The molecule has 0 radical (unpaired) electrons. The largest absolute Gasteiger partial charge is 0.328 e. The van der Waals surface area contributed by atoms with Crippen molar-refractivity contribution >= 4 is 23.4 Å². The maximum Gasteiger partial charge on any atom is 0.251 e. The van der Waals surface area contributed by atoms with Gasteiger partial charge in [0.25, 0.3) is 5.91 Å². The average Bonchev–Trinajstić information content (AvgIpc) is 2.59. The number of amides is 2. The summed E-state index contributed by atoms with van der Waals surface area (Å²) in [6.45, 7) is 1.78. The maximum absolute atomic E-state index is 13.3. The Hall–Kier alpha value is -1.59. The quantitative estimate of drug-likeness (QED) is 0.897. The van der Waals surface area contributed by atoms with Crippen LogP contribution in [0.2, 0.25) is 5.02 Å². The fourth-order valence-electron chi connectivity index (χ4n) is 4.33. The normalized spacial score (nSPS) is 23.9. The van der Waals surface area contributed by atoms with Crippen LogP contribution in [0.25, 0.3) is 0 Å². The first-order valence-electron chi connectivity index (χ1n) is 9.17. The third-order valence-electron chi connectivity index (χ3n) is 5.89. The zero-order valence-electron chi connectivity index (χ0n) is 14.3. The minimum Gasteiger partial charge on any atom is -0.328 e. The number of nitrogens with one attached hydrogen (secondary N) is 1. The van der Waals surface area contributed by atoms with E-state index in [1.165, 1.54) is 6.42 Å². The molecule has 2 heterocycles. The second kappa shape index (κ2) is 6.61. The Bertz CT molecular complexity index is 666. The van der Waals surface area contributed by atoms with Gasteiger partial charge >= 0.3 is 0 Å². The lowest BCUT2D eigenvalue weighted by molar-refractivity contribution is -0.173. The highest BCUT2D eigenvalue weighted by atomic mass is 35.5. The van der Waals surface area contributed by atoms with E-state index in [1.807, 2.05) is 29.2 Å². The molecular formula is C19H24ClN3O2. The molecule has 3 aliphatic rings. The molecule has 0 atom stereocenters. The highest BCUT2D eigenvalue weighted by Gasteiger charge is 2.57. The lowest BCUT2D eigenvalue weighted by Crippen LogP contribution is -2.80. The van der Waals surface area contributed by atoms with Crippen LogP contribution in [0.4, 0.5) is 0 Å². The molecule has 134 valence electrons. The predicted molar refractivity (Wildman–Crippen MR) is 96.2 cm³/mol. The van der Waals surface area contributed by atoms with Crippen LogP contribution in [0, 0.1) is 0 Å². The Morgan fingerprint density at radius 1 is 1.08 bits per heavy atom. The van der Waals surface area contributed by atoms with Crippen molar-refractivity contribution in [1.82, 2.24) is 15.1 Å². The fraction of sp³-hybridized carbons (Fsp3) is 0.579. The number of rotatable bonds is 3. The third-order valence-corrected chi connectivity index (χ3v) is 6.14. The van der Waals surface area contributed by atoms with Crippen LogP contribution < -0.4 is 5.32 Å². The SMILES string of the molecule is O=C1CN(C2CCCCC2)C(=O)C2(CNC2)N1Cc1ccc(Cl)cc1. The fourth-order valence-corrected chi connectivity index (χ4v) is 4.45. The van der Waals surface area contributed by atoms with E-state index in [4.69, 9.17) is 11.6 Å².